The molecule has 4 aliphatic rings. The summed E-state index contributed by atoms with van der Waals surface area (Å²) in [6, 6.07) is -3.39. The molecule has 2 saturated carbocycles. The van der Waals surface area contributed by atoms with Crippen molar-refractivity contribution in [3.8, 4) is 0 Å². The number of carbonyl (C=O) groups is 6. The molecule has 6 amide bonds. The quantitative estimate of drug-likeness (QED) is 0.205. The lowest BCUT2D eigenvalue weighted by Gasteiger charge is -2.39. The lowest BCUT2D eigenvalue weighted by molar-refractivity contribution is -0.144. The Morgan fingerprint density at radius 1 is 0.939 bits per heavy atom. The number of unbranched alkanes of at least 4 members (excludes halogenated alkanes) is 1. The second-order valence-corrected chi connectivity index (χ2v) is 16.5. The lowest BCUT2D eigenvalue weighted by Crippen LogP contribution is -2.62. The summed E-state index contributed by atoms with van der Waals surface area (Å²) in [4.78, 5) is 84.2. The third-order valence-corrected chi connectivity index (χ3v) is 11.6. The van der Waals surface area contributed by atoms with Gasteiger partial charge in [-0.25, -0.2) is 4.79 Å². The number of nitrogens with zero attached hydrogens (tertiary/aromatic N) is 2. The molecule has 0 aromatic heterocycles. The number of urea groups is 1. The molecule has 4 N–H and O–H groups in total. The van der Waals surface area contributed by atoms with Crippen LogP contribution in [0.3, 0.4) is 0 Å². The van der Waals surface area contributed by atoms with Gasteiger partial charge in [0.15, 0.2) is 0 Å². The summed E-state index contributed by atoms with van der Waals surface area (Å²) in [7, 11) is 0. The number of ketones is 1. The van der Waals surface area contributed by atoms with Crippen molar-refractivity contribution in [2.45, 2.75) is 143 Å². The molecule has 276 valence electrons. The predicted octanol–water partition coefficient (Wildman–Crippen LogP) is 3.52. The number of likely N-dealkylation sites (N-methyl/N-ethyl adjacent to an activating group) is 1. The van der Waals surface area contributed by atoms with Crippen molar-refractivity contribution in [1.82, 2.24) is 31.1 Å². The monoisotopic (exact) mass is 686 g/mol. The first-order valence-corrected chi connectivity index (χ1v) is 18.9. The summed E-state index contributed by atoms with van der Waals surface area (Å²) in [5, 5.41) is 11.6. The molecule has 4 rings (SSSR count). The fourth-order valence-corrected chi connectivity index (χ4v) is 8.33. The van der Waals surface area contributed by atoms with Crippen LogP contribution in [0.15, 0.2) is 0 Å². The number of Topliss-reactive ketones (excluding diaryl/α,β-unsaturated/α-hetero) is 1. The summed E-state index contributed by atoms with van der Waals surface area (Å²) < 4.78 is 0. The molecular weight excluding hydrogens is 624 g/mol. The van der Waals surface area contributed by atoms with Crippen molar-refractivity contribution in [3.05, 3.63) is 0 Å². The third kappa shape index (κ3) is 9.14. The molecule has 12 heteroatoms. The summed E-state index contributed by atoms with van der Waals surface area (Å²) in [6.45, 7) is 15.8. The van der Waals surface area contributed by atoms with Gasteiger partial charge in [0.1, 0.15) is 12.1 Å². The number of amides is 6. The van der Waals surface area contributed by atoms with Gasteiger partial charge >= 0.3 is 6.03 Å². The average molecular weight is 687 g/mol. The van der Waals surface area contributed by atoms with E-state index in [1.807, 2.05) is 32.6 Å². The summed E-state index contributed by atoms with van der Waals surface area (Å²) in [5.41, 5.74) is -0.498. The fraction of sp³-hybridized carbons (Fsp3) is 0.838. The molecule has 0 bridgehead atoms. The van der Waals surface area contributed by atoms with Gasteiger partial charge in [0, 0.05) is 32.6 Å². The first-order chi connectivity index (χ1) is 23.1. The largest absolute Gasteiger partial charge is 0.350 e. The van der Waals surface area contributed by atoms with Crippen LogP contribution >= 0.6 is 0 Å². The van der Waals surface area contributed by atoms with E-state index in [9.17, 15) is 28.8 Å². The Labute approximate surface area is 293 Å². The first kappa shape index (κ1) is 38.6. The van der Waals surface area contributed by atoms with Gasteiger partial charge in [-0.2, -0.15) is 0 Å². The summed E-state index contributed by atoms with van der Waals surface area (Å²) in [5.74, 6) is -2.04. The smallest absolute Gasteiger partial charge is 0.315 e. The highest BCUT2D eigenvalue weighted by molar-refractivity contribution is 6.38. The zero-order chi connectivity index (χ0) is 36.1. The van der Waals surface area contributed by atoms with Crippen molar-refractivity contribution in [1.29, 1.82) is 0 Å². The van der Waals surface area contributed by atoms with Crippen LogP contribution in [0.4, 0.5) is 4.79 Å². The highest BCUT2D eigenvalue weighted by Crippen LogP contribution is 2.65. The van der Waals surface area contributed by atoms with Crippen LogP contribution < -0.4 is 21.3 Å². The molecule has 12 nitrogen and oxygen atoms in total. The average Bonchev–Trinajstić information content (AvgIpc) is 3.36. The van der Waals surface area contributed by atoms with E-state index in [4.69, 9.17) is 0 Å². The number of fused-ring (bicyclic) bond motifs is 1. The molecule has 1 unspecified atom stereocenters. The van der Waals surface area contributed by atoms with Crippen molar-refractivity contribution in [2.75, 3.05) is 26.2 Å². The molecule has 0 aromatic carbocycles. The van der Waals surface area contributed by atoms with Gasteiger partial charge in [0.2, 0.25) is 23.5 Å². The van der Waals surface area contributed by atoms with E-state index in [2.05, 4.69) is 35.1 Å². The fourth-order valence-electron chi connectivity index (χ4n) is 8.33. The number of likely N-dealkylation sites (tertiary alicyclic amines) is 2. The maximum atomic E-state index is 14.6. The van der Waals surface area contributed by atoms with Crippen LogP contribution in [0.1, 0.15) is 119 Å². The number of carbonyl (C=O) groups excluding carboxylic acids is 6. The Kier molecular flexibility index (Phi) is 12.8. The van der Waals surface area contributed by atoms with Crippen molar-refractivity contribution in [3.63, 3.8) is 0 Å². The molecule has 2 aliphatic heterocycles. The predicted molar refractivity (Wildman–Crippen MR) is 187 cm³/mol. The van der Waals surface area contributed by atoms with Crippen LogP contribution in [0.2, 0.25) is 0 Å². The minimum Gasteiger partial charge on any atom is -0.350 e. The Balaban J connectivity index is 1.55. The van der Waals surface area contributed by atoms with E-state index in [-0.39, 0.29) is 46.4 Å². The Bertz CT molecular complexity index is 1240. The van der Waals surface area contributed by atoms with Crippen LogP contribution in [-0.4, -0.2) is 95.6 Å². The van der Waals surface area contributed by atoms with Gasteiger partial charge in [0.05, 0.1) is 12.1 Å². The molecule has 0 radical (unpaired) electrons. The van der Waals surface area contributed by atoms with E-state index in [1.165, 1.54) is 0 Å². The Hall–Kier alpha value is -3.18. The Morgan fingerprint density at radius 2 is 1.63 bits per heavy atom. The number of rotatable bonds is 14. The van der Waals surface area contributed by atoms with E-state index >= 15 is 0 Å². The highest BCUT2D eigenvalue weighted by Gasteiger charge is 2.69. The summed E-state index contributed by atoms with van der Waals surface area (Å²) in [6.07, 6.45) is 8.72. The lowest BCUT2D eigenvalue weighted by atomic mass is 9.83. The molecule has 4 fully saturated rings. The second kappa shape index (κ2) is 16.2. The van der Waals surface area contributed by atoms with Gasteiger partial charge in [-0.15, -0.1) is 0 Å². The maximum absolute atomic E-state index is 14.6. The number of nitrogens with one attached hydrogen (secondary N) is 4. The standard InChI is InChI=1S/C37H62N6O6/c1-8-10-18-25(31(45)33(47)38-9-2)39-32(46)30-28-24(37(28,6)7)21-43(30)34(48)29(23-16-12-11-13-17-23)41-35(49)40-26(36(3,4)5)22-42-20-15-14-19-27(42)44/h23-26,28-30H,8-22H2,1-7H3,(H,38,47)(H,39,46)(H2,40,41,49)/t24-,25?,26+,28-,29-,30-/m0/s1. The zero-order valence-corrected chi connectivity index (χ0v) is 31.0. The number of hydrogen-bond donors (Lipinski definition) is 4. The van der Waals surface area contributed by atoms with Crippen molar-refractivity contribution in [2.24, 2.45) is 28.6 Å². The van der Waals surface area contributed by atoms with Crippen LogP contribution in [0, 0.1) is 28.6 Å². The molecule has 2 saturated heterocycles. The summed E-state index contributed by atoms with van der Waals surface area (Å²) >= 11 is 0. The highest BCUT2D eigenvalue weighted by atomic mass is 16.2. The third-order valence-electron chi connectivity index (χ3n) is 11.6. The Morgan fingerprint density at radius 3 is 2.24 bits per heavy atom. The van der Waals surface area contributed by atoms with Gasteiger partial charge in [-0.3, -0.25) is 24.0 Å². The molecule has 2 aliphatic carbocycles. The van der Waals surface area contributed by atoms with Gasteiger partial charge in [0.25, 0.3) is 5.91 Å². The molecule has 49 heavy (non-hydrogen) atoms. The second-order valence-electron chi connectivity index (χ2n) is 16.5. The van der Waals surface area contributed by atoms with Crippen LogP contribution in [0.5, 0.6) is 0 Å². The first-order valence-electron chi connectivity index (χ1n) is 18.9. The molecular formula is C37H62N6O6. The normalized spacial score (nSPS) is 25.4. The zero-order valence-electron chi connectivity index (χ0n) is 31.0. The van der Waals surface area contributed by atoms with Crippen molar-refractivity contribution >= 4 is 35.4 Å². The number of hydrogen-bond acceptors (Lipinski definition) is 6. The SMILES string of the molecule is CCCCC(NC(=O)[C@@H]1[C@@H]2[C@H](CN1C(=O)[C@@H](NC(=O)N[C@H](CN1CCCCC1=O)C(C)(C)C)C1CCCCC1)C2(C)C)C(=O)C(=O)NCC. The van der Waals surface area contributed by atoms with E-state index in [0.29, 0.717) is 45.4 Å². The minimum atomic E-state index is -0.976. The van der Waals surface area contributed by atoms with Gasteiger partial charge < -0.3 is 31.1 Å². The maximum Gasteiger partial charge on any atom is 0.315 e. The van der Waals surface area contributed by atoms with E-state index in [1.54, 1.807) is 11.8 Å². The van der Waals surface area contributed by atoms with Crippen LogP contribution in [-0.2, 0) is 24.0 Å². The van der Waals surface area contributed by atoms with Crippen LogP contribution in [0.25, 0.3) is 0 Å². The van der Waals surface area contributed by atoms with E-state index < -0.39 is 41.8 Å². The van der Waals surface area contributed by atoms with Crippen molar-refractivity contribution < 1.29 is 28.8 Å². The number of piperidine rings is 2. The van der Waals surface area contributed by atoms with E-state index in [0.717, 1.165) is 51.4 Å². The molecule has 6 atom stereocenters. The minimum absolute atomic E-state index is 0.0750. The topological polar surface area (TPSA) is 157 Å². The van der Waals surface area contributed by atoms with Gasteiger partial charge in [-0.1, -0.05) is 73.6 Å². The van der Waals surface area contributed by atoms with Gasteiger partial charge in [-0.05, 0) is 67.6 Å². The molecule has 0 spiro atoms. The molecule has 2 heterocycles. The molecule has 0 aromatic rings.